The molecule has 1 aromatic rings. The number of benzene rings is 1. The largest absolute Gasteiger partial charge is 0.358 e. The summed E-state index contributed by atoms with van der Waals surface area (Å²) in [7, 11) is 0. The smallest absolute Gasteiger partial charge is 0.234 e. The van der Waals surface area contributed by atoms with E-state index in [9.17, 15) is 4.79 Å². The van der Waals surface area contributed by atoms with Gasteiger partial charge in [0.2, 0.25) is 5.91 Å². The average molecular weight is 317 g/mol. The van der Waals surface area contributed by atoms with Crippen molar-refractivity contribution in [1.82, 2.24) is 4.90 Å². The van der Waals surface area contributed by atoms with Crippen LogP contribution in [-0.2, 0) is 4.79 Å². The summed E-state index contributed by atoms with van der Waals surface area (Å²) in [5.41, 5.74) is 0.628. The molecule has 0 radical (unpaired) electrons. The van der Waals surface area contributed by atoms with Gasteiger partial charge < -0.3 is 10.2 Å². The summed E-state index contributed by atoms with van der Waals surface area (Å²) in [6.45, 7) is 5.79. The van der Waals surface area contributed by atoms with Crippen molar-refractivity contribution in [1.29, 1.82) is 0 Å². The Kier molecular flexibility index (Phi) is 7.20. The van der Waals surface area contributed by atoms with Crippen LogP contribution in [0.2, 0.25) is 5.02 Å². The lowest BCUT2D eigenvalue weighted by Gasteiger charge is -2.20. The van der Waals surface area contributed by atoms with Crippen LogP contribution in [0, 0.1) is 0 Å². The molecule has 0 saturated heterocycles. The molecule has 1 N–H and O–H groups in total. The third-order valence-electron chi connectivity index (χ3n) is 2.50. The highest BCUT2D eigenvalue weighted by Crippen LogP contribution is 2.20. The lowest BCUT2D eigenvalue weighted by Crippen LogP contribution is -2.28. The van der Waals surface area contributed by atoms with E-state index in [0.717, 1.165) is 17.4 Å². The zero-order valence-corrected chi connectivity index (χ0v) is 13.4. The predicted octanol–water partition coefficient (Wildman–Crippen LogP) is 3.64. The van der Waals surface area contributed by atoms with E-state index in [2.05, 4.69) is 5.32 Å². The van der Waals surface area contributed by atoms with Crippen molar-refractivity contribution in [2.24, 2.45) is 0 Å². The van der Waals surface area contributed by atoms with E-state index in [-0.39, 0.29) is 5.91 Å². The van der Waals surface area contributed by atoms with Crippen molar-refractivity contribution in [3.63, 3.8) is 0 Å². The summed E-state index contributed by atoms with van der Waals surface area (Å²) in [4.78, 5) is 13.8. The van der Waals surface area contributed by atoms with Crippen LogP contribution in [0.3, 0.4) is 0 Å². The maximum Gasteiger partial charge on any atom is 0.234 e. The lowest BCUT2D eigenvalue weighted by molar-refractivity contribution is -0.113. The first kappa shape index (κ1) is 16.3. The van der Waals surface area contributed by atoms with Crippen LogP contribution in [0.25, 0.3) is 0 Å². The standard InChI is InChI=1S/C13H17ClN2OS2/c1-3-16(4-2)13(18)19-9-12(17)15-11-8-6-5-7-10(11)14/h5-8H,3-4,9H2,1-2H3,(H,15,17). The van der Waals surface area contributed by atoms with Crippen LogP contribution in [0.15, 0.2) is 24.3 Å². The number of nitrogens with zero attached hydrogens (tertiary/aromatic N) is 1. The Morgan fingerprint density at radius 1 is 1.37 bits per heavy atom. The molecule has 0 aromatic heterocycles. The normalized spacial score (nSPS) is 10.1. The maximum absolute atomic E-state index is 11.8. The number of para-hydroxylation sites is 1. The van der Waals surface area contributed by atoms with E-state index in [1.807, 2.05) is 30.9 Å². The molecule has 0 unspecified atom stereocenters. The number of amides is 1. The van der Waals surface area contributed by atoms with Gasteiger partial charge in [-0.3, -0.25) is 4.79 Å². The van der Waals surface area contributed by atoms with Crippen LogP contribution in [0.4, 0.5) is 5.69 Å². The molecule has 0 aliphatic carbocycles. The van der Waals surface area contributed by atoms with Gasteiger partial charge in [0.1, 0.15) is 4.32 Å². The minimum Gasteiger partial charge on any atom is -0.358 e. The van der Waals surface area contributed by atoms with Crippen molar-refractivity contribution in [3.8, 4) is 0 Å². The van der Waals surface area contributed by atoms with Gasteiger partial charge in [-0.25, -0.2) is 0 Å². The van der Waals surface area contributed by atoms with E-state index in [1.165, 1.54) is 11.8 Å². The highest BCUT2D eigenvalue weighted by atomic mass is 35.5. The summed E-state index contributed by atoms with van der Waals surface area (Å²) < 4.78 is 0.749. The highest BCUT2D eigenvalue weighted by Gasteiger charge is 2.10. The first-order valence-corrected chi connectivity index (χ1v) is 7.81. The second-order valence-corrected chi connectivity index (χ2v) is 5.77. The summed E-state index contributed by atoms with van der Waals surface area (Å²) in [6, 6.07) is 7.16. The highest BCUT2D eigenvalue weighted by molar-refractivity contribution is 8.23. The van der Waals surface area contributed by atoms with E-state index >= 15 is 0 Å². The van der Waals surface area contributed by atoms with Gasteiger partial charge in [-0.1, -0.05) is 47.7 Å². The van der Waals surface area contributed by atoms with E-state index < -0.39 is 0 Å². The van der Waals surface area contributed by atoms with Gasteiger partial charge in [-0.05, 0) is 26.0 Å². The number of nitrogens with one attached hydrogen (secondary N) is 1. The van der Waals surface area contributed by atoms with E-state index in [1.54, 1.807) is 12.1 Å². The van der Waals surface area contributed by atoms with Gasteiger partial charge in [0, 0.05) is 13.1 Å². The summed E-state index contributed by atoms with van der Waals surface area (Å²) in [5.74, 6) is 0.188. The van der Waals surface area contributed by atoms with Gasteiger partial charge in [0.25, 0.3) is 0 Å². The number of rotatable bonds is 5. The fourth-order valence-corrected chi connectivity index (χ4v) is 2.83. The van der Waals surface area contributed by atoms with Crippen molar-refractivity contribution in [2.45, 2.75) is 13.8 Å². The Morgan fingerprint density at radius 2 is 2.00 bits per heavy atom. The molecule has 6 heteroatoms. The third-order valence-corrected chi connectivity index (χ3v) is 4.35. The fraction of sp³-hybridized carbons (Fsp3) is 0.385. The minimum absolute atomic E-state index is 0.104. The zero-order valence-electron chi connectivity index (χ0n) is 11.0. The van der Waals surface area contributed by atoms with Crippen molar-refractivity contribution >= 4 is 51.5 Å². The number of thioether (sulfide) groups is 1. The fourth-order valence-electron chi connectivity index (χ4n) is 1.45. The second kappa shape index (κ2) is 8.40. The Balaban J connectivity index is 2.44. The van der Waals surface area contributed by atoms with Crippen LogP contribution in [0.5, 0.6) is 0 Å². The molecule has 0 saturated carbocycles. The first-order chi connectivity index (χ1) is 9.08. The van der Waals surface area contributed by atoms with Crippen molar-refractivity contribution in [3.05, 3.63) is 29.3 Å². The van der Waals surface area contributed by atoms with Crippen LogP contribution >= 0.6 is 35.6 Å². The molecule has 0 spiro atoms. The topological polar surface area (TPSA) is 32.3 Å². The quantitative estimate of drug-likeness (QED) is 0.841. The minimum atomic E-state index is -0.104. The van der Waals surface area contributed by atoms with Gasteiger partial charge in [0.05, 0.1) is 16.5 Å². The molecule has 3 nitrogen and oxygen atoms in total. The second-order valence-electron chi connectivity index (χ2n) is 3.75. The lowest BCUT2D eigenvalue weighted by atomic mass is 10.3. The number of thiocarbonyl (C=S) groups is 1. The molecule has 0 bridgehead atoms. The van der Waals surface area contributed by atoms with Gasteiger partial charge in [0.15, 0.2) is 0 Å². The number of hydrogen-bond donors (Lipinski definition) is 1. The van der Waals surface area contributed by atoms with Crippen LogP contribution < -0.4 is 5.32 Å². The number of carbonyl (C=O) groups excluding carboxylic acids is 1. The van der Waals surface area contributed by atoms with Crippen LogP contribution in [-0.4, -0.2) is 34.0 Å². The molecule has 0 fully saturated rings. The number of halogens is 1. The number of anilines is 1. The number of hydrogen-bond acceptors (Lipinski definition) is 3. The molecule has 0 heterocycles. The van der Waals surface area contributed by atoms with Gasteiger partial charge >= 0.3 is 0 Å². The average Bonchev–Trinajstić information content (AvgIpc) is 2.40. The first-order valence-electron chi connectivity index (χ1n) is 6.04. The van der Waals surface area contributed by atoms with Crippen molar-refractivity contribution in [2.75, 3.05) is 24.2 Å². The Hall–Kier alpha value is -0.780. The monoisotopic (exact) mass is 316 g/mol. The molecular weight excluding hydrogens is 300 g/mol. The Bertz CT molecular complexity index is 450. The Labute approximate surface area is 128 Å². The molecule has 0 aliphatic heterocycles. The molecule has 1 amide bonds. The summed E-state index contributed by atoms with van der Waals surface area (Å²) in [6.07, 6.45) is 0. The molecule has 1 rings (SSSR count). The van der Waals surface area contributed by atoms with Crippen molar-refractivity contribution < 1.29 is 4.79 Å². The third kappa shape index (κ3) is 5.38. The van der Waals surface area contributed by atoms with E-state index in [4.69, 9.17) is 23.8 Å². The molecule has 0 atom stereocenters. The SMILES string of the molecule is CCN(CC)C(=S)SCC(=O)Nc1ccccc1Cl. The van der Waals surface area contributed by atoms with E-state index in [0.29, 0.717) is 16.5 Å². The summed E-state index contributed by atoms with van der Waals surface area (Å²) in [5, 5.41) is 3.31. The predicted molar refractivity (Wildman–Crippen MR) is 88.1 cm³/mol. The Morgan fingerprint density at radius 3 is 2.58 bits per heavy atom. The number of carbonyl (C=O) groups is 1. The molecule has 19 heavy (non-hydrogen) atoms. The molecular formula is C13H17ClN2OS2. The van der Waals surface area contributed by atoms with Crippen LogP contribution in [0.1, 0.15) is 13.8 Å². The molecule has 104 valence electrons. The zero-order chi connectivity index (χ0) is 14.3. The van der Waals surface area contributed by atoms with Gasteiger partial charge in [-0.2, -0.15) is 0 Å². The maximum atomic E-state index is 11.8. The molecule has 1 aromatic carbocycles. The molecule has 0 aliphatic rings. The van der Waals surface area contributed by atoms with Gasteiger partial charge in [-0.15, -0.1) is 0 Å². The summed E-state index contributed by atoms with van der Waals surface area (Å²) >= 11 is 12.6.